The van der Waals surface area contributed by atoms with Gasteiger partial charge in [-0.15, -0.1) is 0 Å². The van der Waals surface area contributed by atoms with Crippen LogP contribution in [0.1, 0.15) is 23.0 Å². The molecular weight excluding hydrogens is 242 g/mol. The number of pyridine rings is 1. The van der Waals surface area contributed by atoms with Gasteiger partial charge in [0, 0.05) is 19.3 Å². The molecule has 2 heterocycles. The molecule has 1 amide bonds. The maximum atomic E-state index is 12.4. The molecule has 0 aliphatic carbocycles. The van der Waals surface area contributed by atoms with Crippen molar-refractivity contribution in [3.8, 4) is 11.8 Å². The minimum atomic E-state index is -0.0999. The molecule has 2 rings (SSSR count). The number of morpholine rings is 1. The zero-order valence-corrected chi connectivity index (χ0v) is 10.9. The van der Waals surface area contributed by atoms with Crippen molar-refractivity contribution in [1.82, 2.24) is 9.88 Å². The molecule has 1 aliphatic heterocycles. The van der Waals surface area contributed by atoms with Crippen molar-refractivity contribution in [1.29, 1.82) is 0 Å². The normalized spacial score (nSPS) is 18.6. The van der Waals surface area contributed by atoms with E-state index in [-0.39, 0.29) is 18.6 Å². The number of ether oxygens (including phenoxy) is 1. The lowest BCUT2D eigenvalue weighted by molar-refractivity contribution is -0.0126. The Morgan fingerprint density at radius 1 is 1.68 bits per heavy atom. The molecule has 100 valence electrons. The second kappa shape index (κ2) is 6.32. The average molecular weight is 259 g/mol. The zero-order chi connectivity index (χ0) is 13.7. The number of nitrogens with two attached hydrogens (primary N) is 1. The lowest BCUT2D eigenvalue weighted by atomic mass is 10.1. The molecular formula is C14H17N3O2. The van der Waals surface area contributed by atoms with Crippen LogP contribution in [0.4, 0.5) is 0 Å². The standard InChI is InChI=1S/C14H17N3O2/c1-11-10-17(8-9-19-11)14(18)13-12(4-2-6-15)5-3-7-16-13/h3,5,7,11H,6,8-10,15H2,1H3. The van der Waals surface area contributed by atoms with Crippen LogP contribution < -0.4 is 5.73 Å². The zero-order valence-electron chi connectivity index (χ0n) is 10.9. The summed E-state index contributed by atoms with van der Waals surface area (Å²) in [6, 6.07) is 3.55. The topological polar surface area (TPSA) is 68.5 Å². The number of nitrogens with zero attached hydrogens (tertiary/aromatic N) is 2. The molecule has 5 nitrogen and oxygen atoms in total. The Kier molecular flexibility index (Phi) is 4.50. The summed E-state index contributed by atoms with van der Waals surface area (Å²) in [6.07, 6.45) is 1.66. The van der Waals surface area contributed by atoms with E-state index < -0.39 is 0 Å². The molecule has 2 N–H and O–H groups in total. The predicted molar refractivity (Wildman–Crippen MR) is 71.5 cm³/mol. The first kappa shape index (κ1) is 13.5. The van der Waals surface area contributed by atoms with Crippen molar-refractivity contribution in [3.63, 3.8) is 0 Å². The average Bonchev–Trinajstić information content (AvgIpc) is 2.44. The summed E-state index contributed by atoms with van der Waals surface area (Å²) >= 11 is 0. The van der Waals surface area contributed by atoms with Crippen molar-refractivity contribution < 1.29 is 9.53 Å². The second-order valence-electron chi connectivity index (χ2n) is 4.34. The minimum absolute atomic E-state index is 0.0555. The van der Waals surface area contributed by atoms with Gasteiger partial charge in [0.25, 0.3) is 5.91 Å². The van der Waals surface area contributed by atoms with Gasteiger partial charge in [-0.2, -0.15) is 0 Å². The lowest BCUT2D eigenvalue weighted by Gasteiger charge is -2.31. The molecule has 1 fully saturated rings. The van der Waals surface area contributed by atoms with Crippen LogP contribution in [-0.4, -0.2) is 48.1 Å². The Hall–Kier alpha value is -1.90. The van der Waals surface area contributed by atoms with Gasteiger partial charge in [0.2, 0.25) is 0 Å². The number of hydrogen-bond acceptors (Lipinski definition) is 4. The fraction of sp³-hybridized carbons (Fsp3) is 0.429. The van der Waals surface area contributed by atoms with Gasteiger partial charge in [-0.1, -0.05) is 11.8 Å². The minimum Gasteiger partial charge on any atom is -0.375 e. The monoisotopic (exact) mass is 259 g/mol. The Bertz CT molecular complexity index is 519. The number of carbonyl (C=O) groups is 1. The maximum Gasteiger partial charge on any atom is 0.273 e. The number of rotatable bonds is 1. The van der Waals surface area contributed by atoms with E-state index >= 15 is 0 Å². The first-order valence-electron chi connectivity index (χ1n) is 6.27. The Morgan fingerprint density at radius 3 is 3.26 bits per heavy atom. The van der Waals surface area contributed by atoms with Crippen LogP contribution in [0.2, 0.25) is 0 Å². The smallest absolute Gasteiger partial charge is 0.273 e. The summed E-state index contributed by atoms with van der Waals surface area (Å²) in [5, 5.41) is 0. The van der Waals surface area contributed by atoms with Crippen LogP contribution in [-0.2, 0) is 4.74 Å². The van der Waals surface area contributed by atoms with Crippen LogP contribution in [0.5, 0.6) is 0 Å². The van der Waals surface area contributed by atoms with Gasteiger partial charge in [-0.05, 0) is 19.1 Å². The molecule has 19 heavy (non-hydrogen) atoms. The van der Waals surface area contributed by atoms with Crippen LogP contribution in [0.3, 0.4) is 0 Å². The molecule has 1 atom stereocenters. The summed E-state index contributed by atoms with van der Waals surface area (Å²) in [6.45, 7) is 3.94. The van der Waals surface area contributed by atoms with E-state index in [2.05, 4.69) is 16.8 Å². The van der Waals surface area contributed by atoms with Gasteiger partial charge in [-0.3, -0.25) is 4.79 Å². The van der Waals surface area contributed by atoms with Gasteiger partial charge in [-0.25, -0.2) is 4.98 Å². The number of hydrogen-bond donors (Lipinski definition) is 1. The number of carbonyl (C=O) groups excluding carboxylic acids is 1. The van der Waals surface area contributed by atoms with E-state index in [1.54, 1.807) is 23.2 Å². The fourth-order valence-electron chi connectivity index (χ4n) is 1.98. The maximum absolute atomic E-state index is 12.4. The molecule has 1 unspecified atom stereocenters. The Labute approximate surface area is 112 Å². The molecule has 0 radical (unpaired) electrons. The van der Waals surface area contributed by atoms with Crippen LogP contribution >= 0.6 is 0 Å². The van der Waals surface area contributed by atoms with Crippen molar-refractivity contribution in [2.75, 3.05) is 26.2 Å². The summed E-state index contributed by atoms with van der Waals surface area (Å²) in [5.41, 5.74) is 6.37. The summed E-state index contributed by atoms with van der Waals surface area (Å²) in [4.78, 5) is 18.3. The van der Waals surface area contributed by atoms with E-state index in [4.69, 9.17) is 10.5 Å². The molecule has 0 spiro atoms. The van der Waals surface area contributed by atoms with Crippen molar-refractivity contribution in [2.45, 2.75) is 13.0 Å². The van der Waals surface area contributed by atoms with Crippen molar-refractivity contribution in [3.05, 3.63) is 29.6 Å². The highest BCUT2D eigenvalue weighted by Crippen LogP contribution is 2.11. The highest BCUT2D eigenvalue weighted by Gasteiger charge is 2.24. The molecule has 0 bridgehead atoms. The summed E-state index contributed by atoms with van der Waals surface area (Å²) in [5.74, 6) is 5.54. The molecule has 1 aliphatic rings. The fourth-order valence-corrected chi connectivity index (χ4v) is 1.98. The third-order valence-electron chi connectivity index (χ3n) is 2.86. The lowest BCUT2D eigenvalue weighted by Crippen LogP contribution is -2.45. The van der Waals surface area contributed by atoms with E-state index in [1.165, 1.54) is 0 Å². The molecule has 0 aromatic carbocycles. The van der Waals surface area contributed by atoms with E-state index in [0.29, 0.717) is 31.0 Å². The van der Waals surface area contributed by atoms with Gasteiger partial charge in [0.15, 0.2) is 0 Å². The highest BCUT2D eigenvalue weighted by atomic mass is 16.5. The predicted octanol–water partition coefficient (Wildman–Crippen LogP) is 0.253. The number of aromatic nitrogens is 1. The second-order valence-corrected chi connectivity index (χ2v) is 4.34. The molecule has 1 aromatic rings. The van der Waals surface area contributed by atoms with Gasteiger partial charge in [0.05, 0.1) is 24.8 Å². The Morgan fingerprint density at radius 2 is 2.53 bits per heavy atom. The summed E-state index contributed by atoms with van der Waals surface area (Å²) in [7, 11) is 0. The first-order valence-corrected chi connectivity index (χ1v) is 6.27. The van der Waals surface area contributed by atoms with Crippen LogP contribution in [0.25, 0.3) is 0 Å². The van der Waals surface area contributed by atoms with Crippen LogP contribution in [0, 0.1) is 11.8 Å². The quantitative estimate of drug-likeness (QED) is 0.734. The summed E-state index contributed by atoms with van der Waals surface area (Å²) < 4.78 is 5.43. The van der Waals surface area contributed by atoms with Gasteiger partial charge < -0.3 is 15.4 Å². The first-order chi connectivity index (χ1) is 9.22. The molecule has 0 saturated carbocycles. The Balaban J connectivity index is 2.23. The SMILES string of the molecule is CC1CN(C(=O)c2ncccc2C#CCN)CCO1. The van der Waals surface area contributed by atoms with E-state index in [1.807, 2.05) is 6.92 Å². The van der Waals surface area contributed by atoms with E-state index in [9.17, 15) is 4.79 Å². The molecule has 5 heteroatoms. The van der Waals surface area contributed by atoms with Gasteiger partial charge >= 0.3 is 0 Å². The number of amides is 1. The van der Waals surface area contributed by atoms with E-state index in [0.717, 1.165) is 0 Å². The van der Waals surface area contributed by atoms with Crippen molar-refractivity contribution >= 4 is 5.91 Å². The molecule has 1 aromatic heterocycles. The molecule has 1 saturated heterocycles. The van der Waals surface area contributed by atoms with Crippen molar-refractivity contribution in [2.24, 2.45) is 5.73 Å². The van der Waals surface area contributed by atoms with Gasteiger partial charge in [0.1, 0.15) is 5.69 Å². The van der Waals surface area contributed by atoms with Crippen LogP contribution in [0.15, 0.2) is 18.3 Å². The third-order valence-corrected chi connectivity index (χ3v) is 2.86. The third kappa shape index (κ3) is 3.31. The highest BCUT2D eigenvalue weighted by molar-refractivity contribution is 5.94. The largest absolute Gasteiger partial charge is 0.375 e.